The van der Waals surface area contributed by atoms with Gasteiger partial charge in [-0.3, -0.25) is 4.79 Å². The van der Waals surface area contributed by atoms with E-state index in [9.17, 15) is 4.79 Å². The summed E-state index contributed by atoms with van der Waals surface area (Å²) in [6.45, 7) is 6.03. The summed E-state index contributed by atoms with van der Waals surface area (Å²) in [6, 6.07) is 6.23. The van der Waals surface area contributed by atoms with Gasteiger partial charge < -0.3 is 10.4 Å². The van der Waals surface area contributed by atoms with Gasteiger partial charge in [0.05, 0.1) is 5.69 Å². The molecular weight excluding hydrogens is 260 g/mol. The number of thiazole rings is 1. The van der Waals surface area contributed by atoms with Crippen molar-refractivity contribution in [3.8, 4) is 11.3 Å². The van der Waals surface area contributed by atoms with Gasteiger partial charge in [0, 0.05) is 10.4 Å². The van der Waals surface area contributed by atoms with Crippen molar-refractivity contribution in [1.82, 2.24) is 4.98 Å². The SMILES string of the molecule is Cc1ccc(-c2nc(NCC(=O)O)sc2C)cc1C. The fourth-order valence-corrected chi connectivity index (χ4v) is 2.61. The van der Waals surface area contributed by atoms with Crippen LogP contribution in [0.25, 0.3) is 11.3 Å². The van der Waals surface area contributed by atoms with Crippen LogP contribution in [0.2, 0.25) is 0 Å². The molecule has 100 valence electrons. The van der Waals surface area contributed by atoms with Gasteiger partial charge in [0.25, 0.3) is 0 Å². The van der Waals surface area contributed by atoms with E-state index in [0.29, 0.717) is 5.13 Å². The second kappa shape index (κ2) is 5.40. The monoisotopic (exact) mass is 276 g/mol. The number of aromatic nitrogens is 1. The van der Waals surface area contributed by atoms with Crippen LogP contribution in [0, 0.1) is 20.8 Å². The van der Waals surface area contributed by atoms with Crippen molar-refractivity contribution in [1.29, 1.82) is 0 Å². The van der Waals surface area contributed by atoms with Crippen molar-refractivity contribution < 1.29 is 9.90 Å². The van der Waals surface area contributed by atoms with Crippen LogP contribution in [0.15, 0.2) is 18.2 Å². The summed E-state index contributed by atoms with van der Waals surface area (Å²) in [6.07, 6.45) is 0. The summed E-state index contributed by atoms with van der Waals surface area (Å²) in [5, 5.41) is 12.1. The van der Waals surface area contributed by atoms with Crippen LogP contribution in [0.5, 0.6) is 0 Å². The Bertz CT molecular complexity index is 620. The van der Waals surface area contributed by atoms with E-state index >= 15 is 0 Å². The van der Waals surface area contributed by atoms with Gasteiger partial charge in [-0.05, 0) is 38.0 Å². The van der Waals surface area contributed by atoms with E-state index < -0.39 is 5.97 Å². The quantitative estimate of drug-likeness (QED) is 0.900. The van der Waals surface area contributed by atoms with Gasteiger partial charge in [-0.1, -0.05) is 12.1 Å². The molecule has 5 heteroatoms. The number of benzene rings is 1. The average molecular weight is 276 g/mol. The van der Waals surface area contributed by atoms with Crippen molar-refractivity contribution in [3.05, 3.63) is 34.2 Å². The topological polar surface area (TPSA) is 62.2 Å². The summed E-state index contributed by atoms with van der Waals surface area (Å²) in [5.74, 6) is -0.888. The highest BCUT2D eigenvalue weighted by Crippen LogP contribution is 2.31. The Hall–Kier alpha value is -1.88. The molecule has 1 aromatic heterocycles. The molecule has 1 heterocycles. The van der Waals surface area contributed by atoms with Gasteiger partial charge in [-0.25, -0.2) is 4.98 Å². The first-order valence-corrected chi connectivity index (χ1v) is 6.79. The van der Waals surface area contributed by atoms with Crippen molar-refractivity contribution in [2.24, 2.45) is 0 Å². The summed E-state index contributed by atoms with van der Waals surface area (Å²) >= 11 is 1.48. The van der Waals surface area contributed by atoms with E-state index in [2.05, 4.69) is 36.3 Å². The third-order valence-electron chi connectivity index (χ3n) is 2.97. The molecule has 1 aromatic carbocycles. The molecule has 0 aliphatic heterocycles. The summed E-state index contributed by atoms with van der Waals surface area (Å²) < 4.78 is 0. The van der Waals surface area contributed by atoms with E-state index in [-0.39, 0.29) is 6.54 Å². The second-order valence-corrected chi connectivity index (χ2v) is 5.67. The van der Waals surface area contributed by atoms with Gasteiger partial charge in [-0.15, -0.1) is 11.3 Å². The number of nitrogens with one attached hydrogen (secondary N) is 1. The molecule has 2 aromatic rings. The molecule has 0 unspecified atom stereocenters. The van der Waals surface area contributed by atoms with E-state index in [1.165, 1.54) is 22.5 Å². The lowest BCUT2D eigenvalue weighted by Crippen LogP contribution is -2.11. The van der Waals surface area contributed by atoms with Crippen LogP contribution in [-0.2, 0) is 4.79 Å². The number of nitrogens with zero attached hydrogens (tertiary/aromatic N) is 1. The number of hydrogen-bond acceptors (Lipinski definition) is 4. The smallest absolute Gasteiger partial charge is 0.322 e. The zero-order chi connectivity index (χ0) is 14.0. The summed E-state index contributed by atoms with van der Waals surface area (Å²) in [5.41, 5.74) is 4.46. The minimum Gasteiger partial charge on any atom is -0.480 e. The van der Waals surface area contributed by atoms with Gasteiger partial charge in [0.15, 0.2) is 5.13 Å². The number of rotatable bonds is 4. The fraction of sp³-hybridized carbons (Fsp3) is 0.286. The molecule has 4 nitrogen and oxygen atoms in total. The maximum Gasteiger partial charge on any atom is 0.322 e. The molecule has 0 amide bonds. The number of carbonyl (C=O) groups is 1. The van der Waals surface area contributed by atoms with Crippen molar-refractivity contribution >= 4 is 22.4 Å². The number of carboxylic acids is 1. The summed E-state index contributed by atoms with van der Waals surface area (Å²) in [7, 11) is 0. The standard InChI is InChI=1S/C14H16N2O2S/c1-8-4-5-11(6-9(8)2)13-10(3)19-14(16-13)15-7-12(17)18/h4-6H,7H2,1-3H3,(H,15,16)(H,17,18). The Morgan fingerprint density at radius 1 is 1.32 bits per heavy atom. The Morgan fingerprint density at radius 2 is 2.05 bits per heavy atom. The van der Waals surface area contributed by atoms with Crippen LogP contribution in [-0.4, -0.2) is 22.6 Å². The van der Waals surface area contributed by atoms with E-state index in [1.54, 1.807) is 0 Å². The molecule has 0 aliphatic carbocycles. The molecule has 0 saturated heterocycles. The maximum atomic E-state index is 10.5. The van der Waals surface area contributed by atoms with E-state index in [0.717, 1.165) is 16.1 Å². The molecule has 0 saturated carbocycles. The Labute approximate surface area is 116 Å². The third kappa shape index (κ3) is 3.12. The van der Waals surface area contributed by atoms with Crippen molar-refractivity contribution in [2.75, 3.05) is 11.9 Å². The number of carboxylic acid groups (broad SMARTS) is 1. The first kappa shape index (κ1) is 13.5. The van der Waals surface area contributed by atoms with Crippen LogP contribution in [0.3, 0.4) is 0 Å². The van der Waals surface area contributed by atoms with E-state index in [4.69, 9.17) is 5.11 Å². The zero-order valence-electron chi connectivity index (χ0n) is 11.2. The minimum absolute atomic E-state index is 0.112. The second-order valence-electron chi connectivity index (χ2n) is 4.47. The number of anilines is 1. The molecular formula is C14H16N2O2S. The van der Waals surface area contributed by atoms with Gasteiger partial charge >= 0.3 is 5.97 Å². The molecule has 0 atom stereocenters. The Balaban J connectivity index is 2.29. The van der Waals surface area contributed by atoms with Crippen molar-refractivity contribution in [3.63, 3.8) is 0 Å². The lowest BCUT2D eigenvalue weighted by Gasteiger charge is -2.03. The molecule has 2 rings (SSSR count). The number of aliphatic carboxylic acids is 1. The van der Waals surface area contributed by atoms with Crippen LogP contribution in [0.1, 0.15) is 16.0 Å². The lowest BCUT2D eigenvalue weighted by atomic mass is 10.0. The van der Waals surface area contributed by atoms with Gasteiger partial charge in [-0.2, -0.15) is 0 Å². The van der Waals surface area contributed by atoms with Crippen LogP contribution < -0.4 is 5.32 Å². The first-order chi connectivity index (χ1) is 8.97. The normalized spacial score (nSPS) is 10.5. The molecule has 0 radical (unpaired) electrons. The highest BCUT2D eigenvalue weighted by molar-refractivity contribution is 7.16. The molecule has 0 spiro atoms. The van der Waals surface area contributed by atoms with Gasteiger partial charge in [0.2, 0.25) is 0 Å². The predicted molar refractivity (Wildman–Crippen MR) is 77.9 cm³/mol. The minimum atomic E-state index is -0.888. The number of hydrogen-bond donors (Lipinski definition) is 2. The maximum absolute atomic E-state index is 10.5. The third-order valence-corrected chi connectivity index (χ3v) is 3.90. The van der Waals surface area contributed by atoms with Crippen LogP contribution >= 0.6 is 11.3 Å². The first-order valence-electron chi connectivity index (χ1n) is 5.98. The van der Waals surface area contributed by atoms with Crippen LogP contribution in [0.4, 0.5) is 5.13 Å². The highest BCUT2D eigenvalue weighted by atomic mass is 32.1. The number of aryl methyl sites for hydroxylation is 3. The predicted octanol–water partition coefficient (Wildman–Crippen LogP) is 3.23. The molecule has 2 N–H and O–H groups in total. The Morgan fingerprint density at radius 3 is 2.68 bits per heavy atom. The largest absolute Gasteiger partial charge is 0.480 e. The summed E-state index contributed by atoms with van der Waals surface area (Å²) in [4.78, 5) is 16.1. The lowest BCUT2D eigenvalue weighted by molar-refractivity contribution is -0.134. The molecule has 19 heavy (non-hydrogen) atoms. The molecule has 0 fully saturated rings. The Kier molecular flexibility index (Phi) is 3.85. The average Bonchev–Trinajstić information content (AvgIpc) is 2.72. The highest BCUT2D eigenvalue weighted by Gasteiger charge is 2.11. The fourth-order valence-electron chi connectivity index (χ4n) is 1.78. The molecule has 0 aliphatic rings. The molecule has 0 bridgehead atoms. The van der Waals surface area contributed by atoms with Gasteiger partial charge in [0.1, 0.15) is 6.54 Å². The van der Waals surface area contributed by atoms with Crippen molar-refractivity contribution in [2.45, 2.75) is 20.8 Å². The van der Waals surface area contributed by atoms with E-state index in [1.807, 2.05) is 13.0 Å². The zero-order valence-corrected chi connectivity index (χ0v) is 12.0.